The molecular formula is C18H34N6O3. The van der Waals surface area contributed by atoms with Crippen LogP contribution in [0, 0.1) is 12.8 Å². The van der Waals surface area contributed by atoms with Crippen LogP contribution in [-0.4, -0.2) is 59.4 Å². The Hall–Kier alpha value is -2.32. The zero-order valence-electron chi connectivity index (χ0n) is 17.8. The predicted octanol–water partition coefficient (Wildman–Crippen LogP) is 2.32. The molecule has 0 aliphatic rings. The van der Waals surface area contributed by atoms with E-state index in [4.69, 9.17) is 9.26 Å². The molecule has 1 aromatic heterocycles. The molecule has 9 nitrogen and oxygen atoms in total. The van der Waals surface area contributed by atoms with Gasteiger partial charge in [0.25, 0.3) is 0 Å². The SMILES string of the molecule is CN=C(NCc1nc(C)no1)N(C)CCC(NC(=O)OC(C)(C)C)C(C)C. The van der Waals surface area contributed by atoms with Gasteiger partial charge in [-0.25, -0.2) is 4.79 Å². The molecule has 1 heterocycles. The molecule has 1 atom stereocenters. The standard InChI is InChI=1S/C18H34N6O3/c1-12(2)14(22-17(25)26-18(4,5)6)9-10-24(8)16(19-7)20-11-15-21-13(3)23-27-15/h12,14H,9-11H2,1-8H3,(H,19,20)(H,22,25). The Balaban J connectivity index is 2.53. The van der Waals surface area contributed by atoms with Crippen molar-refractivity contribution in [2.75, 3.05) is 20.6 Å². The molecule has 154 valence electrons. The van der Waals surface area contributed by atoms with Crippen molar-refractivity contribution < 1.29 is 14.1 Å². The Morgan fingerprint density at radius 3 is 2.52 bits per heavy atom. The number of alkyl carbamates (subject to hydrolysis) is 1. The third-order valence-electron chi connectivity index (χ3n) is 3.82. The number of nitrogens with zero attached hydrogens (tertiary/aromatic N) is 4. The van der Waals surface area contributed by atoms with E-state index in [1.54, 1.807) is 14.0 Å². The van der Waals surface area contributed by atoms with Gasteiger partial charge in [-0.2, -0.15) is 4.98 Å². The van der Waals surface area contributed by atoms with Gasteiger partial charge in [0.05, 0.1) is 6.54 Å². The largest absolute Gasteiger partial charge is 0.444 e. The van der Waals surface area contributed by atoms with Crippen molar-refractivity contribution in [3.05, 3.63) is 11.7 Å². The summed E-state index contributed by atoms with van der Waals surface area (Å²) in [5.41, 5.74) is -0.512. The lowest BCUT2D eigenvalue weighted by atomic mass is 10.0. The molecule has 1 unspecified atom stereocenters. The fourth-order valence-electron chi connectivity index (χ4n) is 2.42. The number of ether oxygens (including phenoxy) is 1. The summed E-state index contributed by atoms with van der Waals surface area (Å²) < 4.78 is 10.5. The number of aliphatic imine (C=N–C) groups is 1. The Bertz CT molecular complexity index is 621. The van der Waals surface area contributed by atoms with Crippen molar-refractivity contribution >= 4 is 12.1 Å². The quantitative estimate of drug-likeness (QED) is 0.551. The summed E-state index contributed by atoms with van der Waals surface area (Å²) in [5.74, 6) is 2.10. The summed E-state index contributed by atoms with van der Waals surface area (Å²) in [6, 6.07) is -0.000930. The molecule has 0 bridgehead atoms. The number of nitrogens with one attached hydrogen (secondary N) is 2. The minimum Gasteiger partial charge on any atom is -0.444 e. The summed E-state index contributed by atoms with van der Waals surface area (Å²) in [4.78, 5) is 22.5. The zero-order chi connectivity index (χ0) is 20.6. The maximum Gasteiger partial charge on any atom is 0.407 e. The Morgan fingerprint density at radius 1 is 1.37 bits per heavy atom. The second-order valence-corrected chi connectivity index (χ2v) is 7.84. The first-order chi connectivity index (χ1) is 12.5. The van der Waals surface area contributed by atoms with E-state index in [1.165, 1.54) is 0 Å². The first kappa shape index (κ1) is 22.7. The van der Waals surface area contributed by atoms with E-state index in [0.29, 0.717) is 30.8 Å². The highest BCUT2D eigenvalue weighted by atomic mass is 16.6. The van der Waals surface area contributed by atoms with Gasteiger partial charge in [0.15, 0.2) is 11.8 Å². The normalized spacial score (nSPS) is 13.4. The van der Waals surface area contributed by atoms with E-state index in [-0.39, 0.29) is 12.0 Å². The molecule has 0 spiro atoms. The fraction of sp³-hybridized carbons (Fsp3) is 0.778. The van der Waals surface area contributed by atoms with Crippen LogP contribution in [-0.2, 0) is 11.3 Å². The number of rotatable bonds is 7. The smallest absolute Gasteiger partial charge is 0.407 e. The Kier molecular flexibility index (Phi) is 8.52. The van der Waals surface area contributed by atoms with Crippen LogP contribution in [0.1, 0.15) is 52.8 Å². The highest BCUT2D eigenvalue weighted by Gasteiger charge is 2.22. The van der Waals surface area contributed by atoms with E-state index in [1.807, 2.05) is 32.7 Å². The van der Waals surface area contributed by atoms with Gasteiger partial charge < -0.3 is 24.8 Å². The van der Waals surface area contributed by atoms with Crippen LogP contribution < -0.4 is 10.6 Å². The third kappa shape index (κ3) is 8.74. The minimum absolute atomic E-state index is 0.000930. The Morgan fingerprint density at radius 2 is 2.04 bits per heavy atom. The van der Waals surface area contributed by atoms with Crippen molar-refractivity contribution in [2.24, 2.45) is 10.9 Å². The number of hydrogen-bond acceptors (Lipinski definition) is 6. The maximum atomic E-state index is 12.1. The van der Waals surface area contributed by atoms with Gasteiger partial charge >= 0.3 is 6.09 Å². The zero-order valence-corrected chi connectivity index (χ0v) is 17.8. The van der Waals surface area contributed by atoms with Gasteiger partial charge in [0.1, 0.15) is 5.60 Å². The number of aryl methyl sites for hydroxylation is 1. The lowest BCUT2D eigenvalue weighted by molar-refractivity contribution is 0.0485. The molecule has 0 saturated carbocycles. The van der Waals surface area contributed by atoms with Crippen LogP contribution in [0.25, 0.3) is 0 Å². The van der Waals surface area contributed by atoms with E-state index in [0.717, 1.165) is 6.42 Å². The lowest BCUT2D eigenvalue weighted by Gasteiger charge is -2.28. The fourth-order valence-corrected chi connectivity index (χ4v) is 2.42. The summed E-state index contributed by atoms with van der Waals surface area (Å²) in [7, 11) is 3.66. The molecule has 1 aromatic rings. The van der Waals surface area contributed by atoms with E-state index in [2.05, 4.69) is 39.6 Å². The van der Waals surface area contributed by atoms with Crippen molar-refractivity contribution in [1.82, 2.24) is 25.7 Å². The molecule has 0 aromatic carbocycles. The summed E-state index contributed by atoms with van der Waals surface area (Å²) in [6.07, 6.45) is 0.367. The van der Waals surface area contributed by atoms with E-state index in [9.17, 15) is 4.79 Å². The third-order valence-corrected chi connectivity index (χ3v) is 3.82. The van der Waals surface area contributed by atoms with Crippen molar-refractivity contribution in [2.45, 2.75) is 66.2 Å². The van der Waals surface area contributed by atoms with Gasteiger partial charge in [0, 0.05) is 26.7 Å². The van der Waals surface area contributed by atoms with Gasteiger partial charge in [-0.15, -0.1) is 0 Å². The molecule has 0 aliphatic heterocycles. The van der Waals surface area contributed by atoms with E-state index < -0.39 is 11.7 Å². The number of amides is 1. The minimum atomic E-state index is -0.512. The van der Waals surface area contributed by atoms with Crippen LogP contribution in [0.5, 0.6) is 0 Å². The Labute approximate surface area is 161 Å². The summed E-state index contributed by atoms with van der Waals surface area (Å²) in [5, 5.41) is 9.92. The van der Waals surface area contributed by atoms with Crippen molar-refractivity contribution in [3.8, 4) is 0 Å². The van der Waals surface area contributed by atoms with E-state index >= 15 is 0 Å². The second-order valence-electron chi connectivity index (χ2n) is 7.84. The lowest BCUT2D eigenvalue weighted by Crippen LogP contribution is -2.45. The first-order valence-electron chi connectivity index (χ1n) is 9.22. The molecule has 2 N–H and O–H groups in total. The number of guanidine groups is 1. The molecular weight excluding hydrogens is 348 g/mol. The monoisotopic (exact) mass is 382 g/mol. The van der Waals surface area contributed by atoms with Gasteiger partial charge in [-0.05, 0) is 40.0 Å². The highest BCUT2D eigenvalue weighted by Crippen LogP contribution is 2.11. The van der Waals surface area contributed by atoms with Crippen LogP contribution in [0.4, 0.5) is 4.79 Å². The van der Waals surface area contributed by atoms with Crippen LogP contribution in [0.15, 0.2) is 9.52 Å². The molecule has 27 heavy (non-hydrogen) atoms. The number of aromatic nitrogens is 2. The van der Waals surface area contributed by atoms with Crippen LogP contribution >= 0.6 is 0 Å². The van der Waals surface area contributed by atoms with Crippen molar-refractivity contribution in [1.29, 1.82) is 0 Å². The number of carbonyl (C=O) groups excluding carboxylic acids is 1. The first-order valence-corrected chi connectivity index (χ1v) is 9.22. The topological polar surface area (TPSA) is 105 Å². The number of hydrogen-bond donors (Lipinski definition) is 2. The van der Waals surface area contributed by atoms with Gasteiger partial charge in [-0.1, -0.05) is 19.0 Å². The maximum absolute atomic E-state index is 12.1. The molecule has 1 rings (SSSR count). The summed E-state index contributed by atoms with van der Waals surface area (Å²) in [6.45, 7) is 12.6. The highest BCUT2D eigenvalue weighted by molar-refractivity contribution is 5.79. The summed E-state index contributed by atoms with van der Waals surface area (Å²) >= 11 is 0. The second kappa shape index (κ2) is 10.1. The van der Waals surface area contributed by atoms with Gasteiger partial charge in [0.2, 0.25) is 5.89 Å². The van der Waals surface area contributed by atoms with Crippen molar-refractivity contribution in [3.63, 3.8) is 0 Å². The molecule has 9 heteroatoms. The average molecular weight is 383 g/mol. The molecule has 0 fully saturated rings. The molecule has 0 aliphatic carbocycles. The van der Waals surface area contributed by atoms with Gasteiger partial charge in [-0.3, -0.25) is 4.99 Å². The van der Waals surface area contributed by atoms with Crippen LogP contribution in [0.3, 0.4) is 0 Å². The molecule has 0 radical (unpaired) electrons. The number of carbonyl (C=O) groups is 1. The van der Waals surface area contributed by atoms with Crippen LogP contribution in [0.2, 0.25) is 0 Å². The predicted molar refractivity (Wildman–Crippen MR) is 104 cm³/mol. The average Bonchev–Trinajstić information content (AvgIpc) is 2.95. The molecule has 1 amide bonds. The molecule has 0 saturated heterocycles.